The highest BCUT2D eigenvalue weighted by Gasteiger charge is 2.30. The molecule has 0 radical (unpaired) electrons. The minimum atomic E-state index is -1.12. The Hall–Kier alpha value is -1.77. The second-order valence-corrected chi connectivity index (χ2v) is 5.82. The summed E-state index contributed by atoms with van der Waals surface area (Å²) in [5, 5.41) is 17.0. The lowest BCUT2D eigenvalue weighted by Crippen LogP contribution is -2.28. The lowest BCUT2D eigenvalue weighted by Gasteiger charge is -2.16. The zero-order chi connectivity index (χ0) is 16.0. The second-order valence-electron chi connectivity index (χ2n) is 5.82. The third-order valence-electron chi connectivity index (χ3n) is 4.35. The number of ether oxygens (including phenoxy) is 2. The van der Waals surface area contributed by atoms with Gasteiger partial charge < -0.3 is 24.4 Å². The normalized spacial score (nSPS) is 25.5. The van der Waals surface area contributed by atoms with Gasteiger partial charge in [0.1, 0.15) is 0 Å². The van der Waals surface area contributed by atoms with Gasteiger partial charge in [0.05, 0.1) is 30.7 Å². The first kappa shape index (κ1) is 14.8. The van der Waals surface area contributed by atoms with Gasteiger partial charge in [-0.1, -0.05) is 5.16 Å². The van der Waals surface area contributed by atoms with Gasteiger partial charge >= 0.3 is 0 Å². The zero-order valence-corrected chi connectivity index (χ0v) is 12.2. The number of aromatic nitrogens is 1. The molecule has 0 amide bonds. The van der Waals surface area contributed by atoms with E-state index in [1.807, 2.05) is 0 Å². The van der Waals surface area contributed by atoms with E-state index in [1.165, 1.54) is 6.07 Å². The molecule has 2 aromatic rings. The van der Waals surface area contributed by atoms with E-state index < -0.39 is 24.0 Å². The van der Waals surface area contributed by atoms with Crippen LogP contribution in [-0.2, 0) is 9.47 Å². The lowest BCUT2D eigenvalue weighted by molar-refractivity contribution is -0.0467. The summed E-state index contributed by atoms with van der Waals surface area (Å²) in [6, 6.07) is 1.24. The molecule has 0 spiro atoms. The van der Waals surface area contributed by atoms with Crippen LogP contribution in [0.5, 0.6) is 0 Å². The summed E-state index contributed by atoms with van der Waals surface area (Å²) in [6.45, 7) is 0.652. The summed E-state index contributed by atoms with van der Waals surface area (Å²) in [7, 11) is 0. The van der Waals surface area contributed by atoms with Crippen LogP contribution in [0.4, 0.5) is 14.6 Å². The minimum Gasteiger partial charge on any atom is -0.391 e. The molecule has 0 bridgehead atoms. The average Bonchev–Trinajstić information content (AvgIpc) is 3.26. The highest BCUT2D eigenvalue weighted by Crippen LogP contribution is 2.35. The fraction of sp³-hybridized carbons (Fsp3) is 0.533. The van der Waals surface area contributed by atoms with E-state index >= 15 is 0 Å². The second kappa shape index (κ2) is 5.70. The van der Waals surface area contributed by atoms with Crippen LogP contribution in [0.3, 0.4) is 0 Å². The molecule has 2 aliphatic rings. The molecule has 4 rings (SSSR count). The Morgan fingerprint density at radius 1 is 1.17 bits per heavy atom. The number of hydrogen-bond acceptors (Lipinski definition) is 6. The first-order chi connectivity index (χ1) is 11.1. The first-order valence-electron chi connectivity index (χ1n) is 7.60. The molecule has 2 N–H and O–H groups in total. The molecule has 1 aliphatic heterocycles. The van der Waals surface area contributed by atoms with Crippen molar-refractivity contribution in [3.05, 3.63) is 23.3 Å². The summed E-state index contributed by atoms with van der Waals surface area (Å²) < 4.78 is 43.8. The van der Waals surface area contributed by atoms with E-state index in [9.17, 15) is 13.9 Å². The Balaban J connectivity index is 1.74. The Bertz CT molecular complexity index is 730. The molecule has 23 heavy (non-hydrogen) atoms. The summed E-state index contributed by atoms with van der Waals surface area (Å²) in [4.78, 5) is 0. The van der Waals surface area contributed by atoms with E-state index in [1.54, 1.807) is 0 Å². The number of rotatable bonds is 3. The topological polar surface area (TPSA) is 76.8 Å². The van der Waals surface area contributed by atoms with E-state index in [4.69, 9.17) is 14.0 Å². The Labute approximate surface area is 130 Å². The largest absolute Gasteiger partial charge is 0.391 e. The number of hydrogen-bond donors (Lipinski definition) is 2. The molecule has 1 aliphatic carbocycles. The van der Waals surface area contributed by atoms with Crippen molar-refractivity contribution in [2.45, 2.75) is 37.7 Å². The molecule has 1 saturated heterocycles. The van der Waals surface area contributed by atoms with Gasteiger partial charge in [-0.2, -0.15) is 4.39 Å². The molecule has 124 valence electrons. The zero-order valence-electron chi connectivity index (χ0n) is 12.2. The van der Waals surface area contributed by atoms with Crippen molar-refractivity contribution in [2.24, 2.45) is 0 Å². The fourth-order valence-electron chi connectivity index (χ4n) is 3.13. The predicted molar refractivity (Wildman–Crippen MR) is 75.8 cm³/mol. The Morgan fingerprint density at radius 2 is 1.96 bits per heavy atom. The number of halogens is 2. The van der Waals surface area contributed by atoms with Gasteiger partial charge in [-0.25, -0.2) is 4.39 Å². The van der Waals surface area contributed by atoms with Gasteiger partial charge in [-0.05, 0) is 25.3 Å². The number of nitrogens with zero attached hydrogens (tertiary/aromatic N) is 1. The fourth-order valence-corrected chi connectivity index (χ4v) is 3.13. The monoisotopic (exact) mass is 326 g/mol. The average molecular weight is 326 g/mol. The standard InChI is InChI=1S/C15H16F2N2O4/c16-11-7(15-21-4-5-22-15)6-8-13(12(11)17)23-19-14(8)18-9-2-1-3-10(9)20/h6,9-10,15,20H,1-5H2,(H,18,19)/t9-,10-/m1/s1. The molecule has 1 saturated carbocycles. The van der Waals surface area contributed by atoms with Gasteiger partial charge in [0.2, 0.25) is 11.4 Å². The van der Waals surface area contributed by atoms with Crippen LogP contribution in [0.25, 0.3) is 11.0 Å². The van der Waals surface area contributed by atoms with Crippen molar-refractivity contribution in [3.8, 4) is 0 Å². The van der Waals surface area contributed by atoms with Crippen molar-refractivity contribution in [1.29, 1.82) is 0 Å². The number of benzene rings is 1. The summed E-state index contributed by atoms with van der Waals surface area (Å²) >= 11 is 0. The van der Waals surface area contributed by atoms with Crippen molar-refractivity contribution >= 4 is 16.8 Å². The highest BCUT2D eigenvalue weighted by molar-refractivity contribution is 5.89. The highest BCUT2D eigenvalue weighted by atomic mass is 19.2. The molecule has 1 aromatic heterocycles. The van der Waals surface area contributed by atoms with Gasteiger partial charge in [-0.3, -0.25) is 0 Å². The van der Waals surface area contributed by atoms with Crippen LogP contribution in [0, 0.1) is 11.6 Å². The van der Waals surface area contributed by atoms with Crippen LogP contribution in [0.15, 0.2) is 10.6 Å². The maximum atomic E-state index is 14.2. The maximum absolute atomic E-state index is 14.2. The van der Waals surface area contributed by atoms with Crippen LogP contribution < -0.4 is 5.32 Å². The molecular formula is C15H16F2N2O4. The summed E-state index contributed by atoms with van der Waals surface area (Å²) in [5.41, 5.74) is -0.287. The molecular weight excluding hydrogens is 310 g/mol. The van der Waals surface area contributed by atoms with Crippen LogP contribution in [0.2, 0.25) is 0 Å². The van der Waals surface area contributed by atoms with Crippen LogP contribution in [-0.4, -0.2) is 35.6 Å². The summed E-state index contributed by atoms with van der Waals surface area (Å²) in [5.74, 6) is -1.90. The number of fused-ring (bicyclic) bond motifs is 1. The third kappa shape index (κ3) is 2.46. The van der Waals surface area contributed by atoms with Crippen molar-refractivity contribution in [2.75, 3.05) is 18.5 Å². The van der Waals surface area contributed by atoms with Crippen molar-refractivity contribution < 1.29 is 27.9 Å². The molecule has 0 unspecified atom stereocenters. The number of aliphatic hydroxyl groups excluding tert-OH is 1. The van der Waals surface area contributed by atoms with Crippen molar-refractivity contribution in [3.63, 3.8) is 0 Å². The lowest BCUT2D eigenvalue weighted by atomic mass is 10.1. The molecule has 1 aromatic carbocycles. The quantitative estimate of drug-likeness (QED) is 0.902. The van der Waals surface area contributed by atoms with E-state index in [-0.39, 0.29) is 23.0 Å². The van der Waals surface area contributed by atoms with Crippen molar-refractivity contribution in [1.82, 2.24) is 5.16 Å². The minimum absolute atomic E-state index is 0.0225. The smallest absolute Gasteiger partial charge is 0.207 e. The van der Waals surface area contributed by atoms with E-state index in [0.29, 0.717) is 25.0 Å². The van der Waals surface area contributed by atoms with Gasteiger partial charge in [0.15, 0.2) is 17.9 Å². The van der Waals surface area contributed by atoms with Crippen LogP contribution in [0.1, 0.15) is 31.1 Å². The van der Waals surface area contributed by atoms with Gasteiger partial charge in [0.25, 0.3) is 0 Å². The molecule has 2 atom stereocenters. The molecule has 6 nitrogen and oxygen atoms in total. The number of anilines is 1. The van der Waals surface area contributed by atoms with Gasteiger partial charge in [-0.15, -0.1) is 0 Å². The van der Waals surface area contributed by atoms with E-state index in [0.717, 1.165) is 12.8 Å². The molecule has 2 heterocycles. The molecule has 8 heteroatoms. The maximum Gasteiger partial charge on any atom is 0.207 e. The van der Waals surface area contributed by atoms with E-state index in [2.05, 4.69) is 10.5 Å². The first-order valence-corrected chi connectivity index (χ1v) is 7.60. The molecule has 2 fully saturated rings. The Morgan fingerprint density at radius 3 is 2.65 bits per heavy atom. The Kier molecular flexibility index (Phi) is 3.67. The number of aliphatic hydroxyl groups is 1. The van der Waals surface area contributed by atoms with Crippen LogP contribution >= 0.6 is 0 Å². The SMILES string of the molecule is O[C@@H]1CCC[C@H]1Nc1noc2c(F)c(F)c(C3OCCO3)cc12. The predicted octanol–water partition coefficient (Wildman–Crippen LogP) is 2.48. The third-order valence-corrected chi connectivity index (χ3v) is 4.35. The van der Waals surface area contributed by atoms with Gasteiger partial charge in [0, 0.05) is 5.56 Å². The summed E-state index contributed by atoms with van der Waals surface area (Å²) in [6.07, 6.45) is 0.945. The number of nitrogens with one attached hydrogen (secondary N) is 1.